The fraction of sp³-hybridized carbons (Fsp3) is 0.700. The van der Waals surface area contributed by atoms with E-state index in [-0.39, 0.29) is 24.0 Å². The molecule has 0 aliphatic heterocycles. The molecule has 142 valence electrons. The van der Waals surface area contributed by atoms with Crippen molar-refractivity contribution in [1.29, 1.82) is 0 Å². The Balaban J connectivity index is 2.44. The Hall–Kier alpha value is -1.46. The van der Waals surface area contributed by atoms with Crippen molar-refractivity contribution in [3.63, 3.8) is 0 Å². The monoisotopic (exact) mass is 352 g/mol. The number of aliphatic hydroxyl groups is 2. The zero-order valence-electron chi connectivity index (χ0n) is 15.1. The highest BCUT2D eigenvalue weighted by Crippen LogP contribution is 2.34. The van der Waals surface area contributed by atoms with Crippen molar-refractivity contribution < 1.29 is 24.9 Å². The van der Waals surface area contributed by atoms with Crippen LogP contribution in [0.4, 0.5) is 0 Å². The summed E-state index contributed by atoms with van der Waals surface area (Å²) in [4.78, 5) is 22.5. The molecule has 0 aromatic carbocycles. The van der Waals surface area contributed by atoms with Crippen LogP contribution < -0.4 is 0 Å². The van der Waals surface area contributed by atoms with Gasteiger partial charge in [0.25, 0.3) is 0 Å². The molecule has 0 unspecified atom stereocenters. The highest BCUT2D eigenvalue weighted by atomic mass is 16.4. The molecule has 1 fully saturated rings. The normalized spacial score (nSPS) is 25.2. The van der Waals surface area contributed by atoms with E-state index in [1.54, 1.807) is 18.2 Å². The number of carboxylic acid groups (broad SMARTS) is 1. The molecule has 0 saturated heterocycles. The van der Waals surface area contributed by atoms with Crippen LogP contribution in [0.15, 0.2) is 24.3 Å². The van der Waals surface area contributed by atoms with Gasteiger partial charge in [-0.2, -0.15) is 0 Å². The number of aliphatic hydroxyl groups excluding tert-OH is 2. The third-order valence-corrected chi connectivity index (χ3v) is 4.80. The van der Waals surface area contributed by atoms with Gasteiger partial charge in [0.2, 0.25) is 0 Å². The molecule has 4 atom stereocenters. The number of unbranched alkanes of at least 4 members (excludes halogenated alkanes) is 4. The Labute approximate surface area is 150 Å². The first-order valence-corrected chi connectivity index (χ1v) is 9.42. The number of carboxylic acids is 1. The molecule has 0 heterocycles. The lowest BCUT2D eigenvalue weighted by Crippen LogP contribution is -2.19. The molecule has 25 heavy (non-hydrogen) atoms. The Morgan fingerprint density at radius 2 is 2.04 bits per heavy atom. The van der Waals surface area contributed by atoms with Crippen molar-refractivity contribution in [3.05, 3.63) is 24.3 Å². The van der Waals surface area contributed by atoms with E-state index in [9.17, 15) is 19.8 Å². The lowest BCUT2D eigenvalue weighted by Gasteiger charge is -2.18. The maximum Gasteiger partial charge on any atom is 0.327 e. The van der Waals surface area contributed by atoms with Crippen molar-refractivity contribution in [2.75, 3.05) is 0 Å². The first kappa shape index (κ1) is 21.6. The molecular formula is C20H32O5. The van der Waals surface area contributed by atoms with Gasteiger partial charge in [-0.15, -0.1) is 0 Å². The van der Waals surface area contributed by atoms with Gasteiger partial charge in [0, 0.05) is 18.4 Å². The van der Waals surface area contributed by atoms with Crippen LogP contribution in [0.25, 0.3) is 0 Å². The quantitative estimate of drug-likeness (QED) is 0.285. The smallest absolute Gasteiger partial charge is 0.327 e. The van der Waals surface area contributed by atoms with Gasteiger partial charge < -0.3 is 15.3 Å². The standard InChI is InChI=1S/C20H32O5/c1-2-3-6-9-15(21)12-13-17-16(18(22)14-19(17)23)10-7-4-5-8-11-20(24)25/h8,11-13,15-18,21-22H,2-7,9-10,14H2,1H3,(H,24,25)/t15-,16+,17+,18-/m0/s1. The van der Waals surface area contributed by atoms with Crippen LogP contribution in [0.2, 0.25) is 0 Å². The highest BCUT2D eigenvalue weighted by Gasteiger charge is 2.39. The Morgan fingerprint density at radius 3 is 2.72 bits per heavy atom. The molecule has 1 saturated carbocycles. The predicted octanol–water partition coefficient (Wildman–Crippen LogP) is 3.25. The average Bonchev–Trinajstić information content (AvgIpc) is 2.82. The summed E-state index contributed by atoms with van der Waals surface area (Å²) in [6.07, 6.45) is 12.2. The number of carbonyl (C=O) groups is 2. The molecule has 5 heteroatoms. The van der Waals surface area contributed by atoms with E-state index in [1.807, 2.05) is 0 Å². The molecule has 1 aliphatic rings. The minimum Gasteiger partial charge on any atom is -0.478 e. The summed E-state index contributed by atoms with van der Waals surface area (Å²) < 4.78 is 0. The lowest BCUT2D eigenvalue weighted by atomic mass is 9.88. The number of hydrogen-bond acceptors (Lipinski definition) is 4. The van der Waals surface area contributed by atoms with Gasteiger partial charge in [-0.25, -0.2) is 4.79 Å². The largest absolute Gasteiger partial charge is 0.478 e. The van der Waals surface area contributed by atoms with Gasteiger partial charge in [0.15, 0.2) is 0 Å². The lowest BCUT2D eigenvalue weighted by molar-refractivity contribution is -0.131. The SMILES string of the molecule is CCCCC[C@H](O)C=C[C@H]1C(=O)C[C@H](O)[C@@H]1CCCCC=CC(=O)O. The molecule has 5 nitrogen and oxygen atoms in total. The van der Waals surface area contributed by atoms with E-state index in [2.05, 4.69) is 6.92 Å². The van der Waals surface area contributed by atoms with Gasteiger partial charge in [-0.1, -0.05) is 50.8 Å². The molecule has 1 rings (SSSR count). The van der Waals surface area contributed by atoms with Gasteiger partial charge >= 0.3 is 5.97 Å². The number of carbonyl (C=O) groups excluding carboxylic acids is 1. The Kier molecular flexibility index (Phi) is 10.3. The molecular weight excluding hydrogens is 320 g/mol. The van der Waals surface area contributed by atoms with Crippen LogP contribution in [-0.4, -0.2) is 39.3 Å². The van der Waals surface area contributed by atoms with Gasteiger partial charge in [0.1, 0.15) is 5.78 Å². The maximum atomic E-state index is 12.1. The number of allylic oxidation sites excluding steroid dienone is 2. The fourth-order valence-corrected chi connectivity index (χ4v) is 3.37. The predicted molar refractivity (Wildman–Crippen MR) is 97.1 cm³/mol. The van der Waals surface area contributed by atoms with Gasteiger partial charge in [0.05, 0.1) is 12.2 Å². The summed E-state index contributed by atoms with van der Waals surface area (Å²) in [7, 11) is 0. The fourth-order valence-electron chi connectivity index (χ4n) is 3.37. The summed E-state index contributed by atoms with van der Waals surface area (Å²) in [5.41, 5.74) is 0. The van der Waals surface area contributed by atoms with Crippen LogP contribution >= 0.6 is 0 Å². The Bertz CT molecular complexity index is 469. The zero-order valence-corrected chi connectivity index (χ0v) is 15.1. The van der Waals surface area contributed by atoms with E-state index < -0.39 is 18.2 Å². The van der Waals surface area contributed by atoms with Crippen molar-refractivity contribution in [1.82, 2.24) is 0 Å². The number of hydrogen-bond donors (Lipinski definition) is 3. The summed E-state index contributed by atoms with van der Waals surface area (Å²) >= 11 is 0. The summed E-state index contributed by atoms with van der Waals surface area (Å²) in [5, 5.41) is 28.6. The second-order valence-electron chi connectivity index (χ2n) is 6.90. The Morgan fingerprint density at radius 1 is 1.28 bits per heavy atom. The first-order chi connectivity index (χ1) is 12.0. The topological polar surface area (TPSA) is 94.8 Å². The number of Topliss-reactive ketones (excluding diaryl/α,β-unsaturated/α-hetero) is 1. The summed E-state index contributed by atoms with van der Waals surface area (Å²) in [5.74, 6) is -1.32. The maximum absolute atomic E-state index is 12.1. The van der Waals surface area contributed by atoms with Crippen molar-refractivity contribution >= 4 is 11.8 Å². The third-order valence-electron chi connectivity index (χ3n) is 4.80. The molecule has 0 radical (unpaired) electrons. The first-order valence-electron chi connectivity index (χ1n) is 9.42. The molecule has 0 bridgehead atoms. The molecule has 0 aromatic rings. The molecule has 0 amide bonds. The van der Waals surface area contributed by atoms with Crippen molar-refractivity contribution in [3.8, 4) is 0 Å². The number of aliphatic carboxylic acids is 1. The molecule has 0 spiro atoms. The minimum atomic E-state index is -0.945. The van der Waals surface area contributed by atoms with E-state index in [1.165, 1.54) is 0 Å². The molecule has 1 aliphatic carbocycles. The zero-order chi connectivity index (χ0) is 18.7. The second-order valence-corrected chi connectivity index (χ2v) is 6.90. The average molecular weight is 352 g/mol. The van der Waals surface area contributed by atoms with E-state index in [4.69, 9.17) is 5.11 Å². The van der Waals surface area contributed by atoms with Crippen LogP contribution in [0.1, 0.15) is 64.7 Å². The van der Waals surface area contributed by atoms with Crippen molar-refractivity contribution in [2.45, 2.75) is 76.9 Å². The van der Waals surface area contributed by atoms with E-state index in [0.29, 0.717) is 12.8 Å². The summed E-state index contributed by atoms with van der Waals surface area (Å²) in [6, 6.07) is 0. The van der Waals surface area contributed by atoms with Crippen LogP contribution in [0, 0.1) is 11.8 Å². The highest BCUT2D eigenvalue weighted by molar-refractivity contribution is 5.86. The van der Waals surface area contributed by atoms with Gasteiger partial charge in [-0.3, -0.25) is 4.79 Å². The minimum absolute atomic E-state index is 0.0419. The molecule has 3 N–H and O–H groups in total. The summed E-state index contributed by atoms with van der Waals surface area (Å²) in [6.45, 7) is 2.11. The van der Waals surface area contributed by atoms with Crippen LogP contribution in [0.5, 0.6) is 0 Å². The van der Waals surface area contributed by atoms with Crippen LogP contribution in [0.3, 0.4) is 0 Å². The van der Waals surface area contributed by atoms with Gasteiger partial charge in [-0.05, 0) is 31.6 Å². The third kappa shape index (κ3) is 8.45. The van der Waals surface area contributed by atoms with E-state index in [0.717, 1.165) is 44.6 Å². The van der Waals surface area contributed by atoms with Crippen LogP contribution in [-0.2, 0) is 9.59 Å². The van der Waals surface area contributed by atoms with Crippen molar-refractivity contribution in [2.24, 2.45) is 11.8 Å². The van der Waals surface area contributed by atoms with E-state index >= 15 is 0 Å². The second kappa shape index (κ2) is 12.0. The molecule has 0 aromatic heterocycles. The number of ketones is 1. The number of rotatable bonds is 12.